The molecule has 1 atom stereocenters. The van der Waals surface area contributed by atoms with Gasteiger partial charge in [-0.2, -0.15) is 0 Å². The number of esters is 1. The van der Waals surface area contributed by atoms with E-state index in [1.807, 2.05) is 17.5 Å². The first-order valence-electron chi connectivity index (χ1n) is 6.95. The molecule has 0 saturated heterocycles. The van der Waals surface area contributed by atoms with E-state index in [9.17, 15) is 9.59 Å². The Morgan fingerprint density at radius 3 is 3.00 bits per heavy atom. The zero-order chi connectivity index (χ0) is 16.4. The van der Waals surface area contributed by atoms with Crippen LogP contribution in [0.3, 0.4) is 0 Å². The summed E-state index contributed by atoms with van der Waals surface area (Å²) >= 11 is 3.05. The first kappa shape index (κ1) is 15.6. The maximum absolute atomic E-state index is 12.3. The molecule has 2 N–H and O–H groups in total. The molecule has 0 fully saturated rings. The van der Waals surface area contributed by atoms with Crippen molar-refractivity contribution < 1.29 is 14.3 Å². The summed E-state index contributed by atoms with van der Waals surface area (Å²) in [5.74, 6) is -0.411. The van der Waals surface area contributed by atoms with Crippen molar-refractivity contribution in [1.29, 1.82) is 0 Å². The molecule has 0 radical (unpaired) electrons. The van der Waals surface area contributed by atoms with Crippen LogP contribution in [-0.4, -0.2) is 33.7 Å². The van der Waals surface area contributed by atoms with Crippen LogP contribution >= 0.6 is 22.7 Å². The second-order valence-electron chi connectivity index (χ2n) is 4.72. The van der Waals surface area contributed by atoms with E-state index < -0.39 is 12.0 Å². The van der Waals surface area contributed by atoms with Crippen molar-refractivity contribution in [3.8, 4) is 0 Å². The summed E-state index contributed by atoms with van der Waals surface area (Å²) in [6, 6.07) is 3.46. The van der Waals surface area contributed by atoms with Crippen LogP contribution in [-0.2, 0) is 4.74 Å². The second-order valence-corrected chi connectivity index (χ2v) is 6.75. The highest BCUT2D eigenvalue weighted by Gasteiger charge is 2.19. The second kappa shape index (κ2) is 6.47. The number of ether oxygens (including phenoxy) is 1. The number of H-pyrrole nitrogens is 1. The summed E-state index contributed by atoms with van der Waals surface area (Å²) in [5, 5.41) is 11.3. The lowest BCUT2D eigenvalue weighted by atomic mass is 10.3. The van der Waals surface area contributed by atoms with E-state index in [0.717, 1.165) is 9.40 Å². The van der Waals surface area contributed by atoms with E-state index in [0.29, 0.717) is 10.7 Å². The zero-order valence-electron chi connectivity index (χ0n) is 12.5. The minimum atomic E-state index is -0.591. The Morgan fingerprint density at radius 2 is 2.26 bits per heavy atom. The van der Waals surface area contributed by atoms with Crippen LogP contribution in [0.1, 0.15) is 46.0 Å². The quantitative estimate of drug-likeness (QED) is 0.690. The van der Waals surface area contributed by atoms with Crippen LogP contribution in [0.25, 0.3) is 9.40 Å². The summed E-state index contributed by atoms with van der Waals surface area (Å²) < 4.78 is 7.02. The van der Waals surface area contributed by atoms with Gasteiger partial charge in [-0.05, 0) is 31.4 Å². The molecule has 3 aromatic heterocycles. The third-order valence-corrected chi connectivity index (χ3v) is 5.17. The predicted octanol–water partition coefficient (Wildman–Crippen LogP) is 2.75. The van der Waals surface area contributed by atoms with Crippen LogP contribution in [0.15, 0.2) is 17.5 Å². The Kier molecular flexibility index (Phi) is 4.39. The minimum absolute atomic E-state index is 0.0420. The molecule has 7 nitrogen and oxygen atoms in total. The van der Waals surface area contributed by atoms with Gasteiger partial charge in [-0.25, -0.2) is 9.78 Å². The fraction of sp³-hybridized carbons (Fsp3) is 0.286. The number of aromatic amines is 1. The number of nitrogens with one attached hydrogen (secondary N) is 2. The van der Waals surface area contributed by atoms with Crippen molar-refractivity contribution in [2.45, 2.75) is 19.9 Å². The van der Waals surface area contributed by atoms with E-state index >= 15 is 0 Å². The van der Waals surface area contributed by atoms with Gasteiger partial charge in [0.15, 0.2) is 0 Å². The van der Waals surface area contributed by atoms with Crippen molar-refractivity contribution in [3.63, 3.8) is 0 Å². The normalized spacial score (nSPS) is 12.3. The largest absolute Gasteiger partial charge is 0.460 e. The van der Waals surface area contributed by atoms with E-state index in [1.165, 1.54) is 11.3 Å². The lowest BCUT2D eigenvalue weighted by molar-refractivity contribution is 0.0512. The first-order valence-corrected chi connectivity index (χ1v) is 8.65. The van der Waals surface area contributed by atoms with Crippen molar-refractivity contribution in [2.75, 3.05) is 6.61 Å². The minimum Gasteiger partial charge on any atom is -0.460 e. The van der Waals surface area contributed by atoms with Crippen molar-refractivity contribution in [2.24, 2.45) is 0 Å². The molecule has 0 spiro atoms. The van der Waals surface area contributed by atoms with Gasteiger partial charge < -0.3 is 10.1 Å². The van der Waals surface area contributed by atoms with E-state index in [4.69, 9.17) is 4.74 Å². The van der Waals surface area contributed by atoms with Crippen molar-refractivity contribution >= 4 is 43.9 Å². The van der Waals surface area contributed by atoms with Crippen molar-refractivity contribution in [1.82, 2.24) is 20.5 Å². The first-order chi connectivity index (χ1) is 11.1. The zero-order valence-corrected chi connectivity index (χ0v) is 14.1. The standard InChI is InChI=1S/C14H14N4O3S2/c1-3-21-14(20)12-16-11(17-18-12)7(2)15-13(19)10-6-9-8(23-10)4-5-22-9/h4-7H,3H2,1-2H3,(H,15,19)(H,16,17,18). The van der Waals surface area contributed by atoms with Gasteiger partial charge in [0.1, 0.15) is 5.82 Å². The van der Waals surface area contributed by atoms with Crippen LogP contribution in [0.5, 0.6) is 0 Å². The molecule has 23 heavy (non-hydrogen) atoms. The fourth-order valence-electron chi connectivity index (χ4n) is 1.97. The molecule has 120 valence electrons. The average molecular weight is 350 g/mol. The maximum Gasteiger partial charge on any atom is 0.378 e. The predicted molar refractivity (Wildman–Crippen MR) is 87.9 cm³/mol. The molecule has 3 heterocycles. The van der Waals surface area contributed by atoms with Gasteiger partial charge in [-0.1, -0.05) is 0 Å². The highest BCUT2D eigenvalue weighted by Crippen LogP contribution is 2.30. The molecule has 0 saturated carbocycles. The average Bonchev–Trinajstić information content (AvgIpc) is 3.22. The molecule has 0 aliphatic heterocycles. The lowest BCUT2D eigenvalue weighted by Gasteiger charge is -2.09. The third kappa shape index (κ3) is 3.25. The SMILES string of the molecule is CCOC(=O)c1n[nH]c(C(C)NC(=O)c2cc3sccc3s2)n1. The number of carbonyl (C=O) groups is 2. The Labute approximate surface area is 139 Å². The molecule has 1 unspecified atom stereocenters. The Balaban J connectivity index is 1.68. The summed E-state index contributed by atoms with van der Waals surface area (Å²) in [5.41, 5.74) is 0. The van der Waals surface area contributed by atoms with Gasteiger partial charge in [0.05, 0.1) is 17.5 Å². The monoisotopic (exact) mass is 350 g/mol. The molecule has 0 aliphatic rings. The van der Waals surface area contributed by atoms with Crippen LogP contribution in [0.4, 0.5) is 0 Å². The van der Waals surface area contributed by atoms with Gasteiger partial charge in [0.25, 0.3) is 11.7 Å². The molecule has 1 amide bonds. The van der Waals surface area contributed by atoms with Crippen molar-refractivity contribution in [3.05, 3.63) is 34.0 Å². The summed E-state index contributed by atoms with van der Waals surface area (Å²) in [4.78, 5) is 28.5. The van der Waals surface area contributed by atoms with Gasteiger partial charge in [-0.15, -0.1) is 27.8 Å². The van der Waals surface area contributed by atoms with Crippen LogP contribution < -0.4 is 5.32 Å². The fourth-order valence-corrected chi connectivity index (χ4v) is 3.98. The van der Waals surface area contributed by atoms with Crippen LogP contribution in [0.2, 0.25) is 0 Å². The maximum atomic E-state index is 12.3. The third-order valence-electron chi connectivity index (χ3n) is 3.08. The number of rotatable bonds is 5. The number of hydrogen-bond acceptors (Lipinski definition) is 7. The highest BCUT2D eigenvalue weighted by atomic mass is 32.1. The smallest absolute Gasteiger partial charge is 0.378 e. The number of aromatic nitrogens is 3. The van der Waals surface area contributed by atoms with E-state index in [-0.39, 0.29) is 18.3 Å². The molecular formula is C14H14N4O3S2. The molecule has 3 rings (SSSR count). The molecular weight excluding hydrogens is 336 g/mol. The Morgan fingerprint density at radius 1 is 1.43 bits per heavy atom. The van der Waals surface area contributed by atoms with E-state index in [2.05, 4.69) is 20.5 Å². The number of nitrogens with zero attached hydrogens (tertiary/aromatic N) is 2. The lowest BCUT2D eigenvalue weighted by Crippen LogP contribution is -2.26. The van der Waals surface area contributed by atoms with E-state index in [1.54, 1.807) is 25.2 Å². The Hall–Kier alpha value is -2.26. The topological polar surface area (TPSA) is 97.0 Å². The molecule has 3 aromatic rings. The number of thiophene rings is 2. The number of carbonyl (C=O) groups excluding carboxylic acids is 2. The Bertz CT molecular complexity index is 823. The molecule has 0 aliphatic carbocycles. The van der Waals surface area contributed by atoms with Gasteiger partial charge >= 0.3 is 5.97 Å². The molecule has 9 heteroatoms. The molecule has 0 aromatic carbocycles. The molecule has 0 bridgehead atoms. The van der Waals surface area contributed by atoms with Gasteiger partial charge in [0.2, 0.25) is 0 Å². The highest BCUT2D eigenvalue weighted by molar-refractivity contribution is 7.27. The summed E-state index contributed by atoms with van der Waals surface area (Å²) in [6.45, 7) is 3.73. The van der Waals surface area contributed by atoms with Gasteiger partial charge in [-0.3, -0.25) is 9.89 Å². The van der Waals surface area contributed by atoms with Crippen LogP contribution in [0, 0.1) is 0 Å². The summed E-state index contributed by atoms with van der Waals surface area (Å²) in [7, 11) is 0. The number of hydrogen-bond donors (Lipinski definition) is 2. The van der Waals surface area contributed by atoms with Gasteiger partial charge in [0, 0.05) is 9.40 Å². The summed E-state index contributed by atoms with van der Waals surface area (Å²) in [6.07, 6.45) is 0. The number of amides is 1. The number of fused-ring (bicyclic) bond motifs is 1.